The first-order valence-corrected chi connectivity index (χ1v) is 8.93. The van der Waals surface area contributed by atoms with Crippen LogP contribution in [0.4, 0.5) is 0 Å². The number of halogens is 1. The van der Waals surface area contributed by atoms with E-state index < -0.39 is 15.6 Å². The average molecular weight is 376 g/mol. The summed E-state index contributed by atoms with van der Waals surface area (Å²) >= 11 is 4.35. The third-order valence-electron chi connectivity index (χ3n) is 2.82. The van der Waals surface area contributed by atoms with Crippen LogP contribution in [0, 0.1) is 0 Å². The third kappa shape index (κ3) is 3.67. The second kappa shape index (κ2) is 5.95. The molecule has 0 bridgehead atoms. The standard InChI is InChI=1S/C13H14BrNO3S2/c1-13(16,10-5-3-2-4-6-10)9-15-20(17,18)12-8-7-11(14)19-12/h2-8,15-16H,9H2,1H3/t13-/m1/s1. The van der Waals surface area contributed by atoms with Crippen LogP contribution >= 0.6 is 27.3 Å². The summed E-state index contributed by atoms with van der Waals surface area (Å²) in [5.41, 5.74) is -0.599. The van der Waals surface area contributed by atoms with Crippen molar-refractivity contribution in [1.82, 2.24) is 4.72 Å². The van der Waals surface area contributed by atoms with Crippen molar-refractivity contribution in [3.63, 3.8) is 0 Å². The summed E-state index contributed by atoms with van der Waals surface area (Å²) in [6, 6.07) is 12.2. The second-order valence-corrected chi connectivity index (χ2v) is 8.98. The number of aliphatic hydroxyl groups is 1. The summed E-state index contributed by atoms with van der Waals surface area (Å²) in [4.78, 5) is 0. The Bertz CT molecular complexity index is 681. The first kappa shape index (κ1) is 15.7. The summed E-state index contributed by atoms with van der Waals surface area (Å²) in [6.07, 6.45) is 0. The number of benzene rings is 1. The van der Waals surface area contributed by atoms with Crippen LogP contribution in [0.1, 0.15) is 12.5 Å². The molecule has 2 N–H and O–H groups in total. The molecular weight excluding hydrogens is 362 g/mol. The highest BCUT2D eigenvalue weighted by atomic mass is 79.9. The highest BCUT2D eigenvalue weighted by molar-refractivity contribution is 9.11. The zero-order valence-corrected chi connectivity index (χ0v) is 13.9. The molecule has 0 saturated carbocycles. The zero-order chi connectivity index (χ0) is 14.8. The molecule has 0 saturated heterocycles. The second-order valence-electron chi connectivity index (χ2n) is 4.52. The van der Waals surface area contributed by atoms with Crippen LogP contribution in [0.25, 0.3) is 0 Å². The molecule has 7 heteroatoms. The Labute approximate surface area is 130 Å². The maximum absolute atomic E-state index is 12.1. The Morgan fingerprint density at radius 3 is 2.45 bits per heavy atom. The number of sulfonamides is 1. The highest BCUT2D eigenvalue weighted by Gasteiger charge is 2.26. The van der Waals surface area contributed by atoms with Gasteiger partial charge in [0.1, 0.15) is 9.81 Å². The lowest BCUT2D eigenvalue weighted by atomic mass is 9.97. The minimum Gasteiger partial charge on any atom is -0.384 e. The molecule has 0 aliphatic rings. The van der Waals surface area contributed by atoms with Crippen molar-refractivity contribution in [2.45, 2.75) is 16.7 Å². The SMILES string of the molecule is C[C@@](O)(CNS(=O)(=O)c1ccc(Br)s1)c1ccccc1. The first-order valence-electron chi connectivity index (χ1n) is 5.84. The lowest BCUT2D eigenvalue weighted by molar-refractivity contribution is 0.0627. The number of hydrogen-bond acceptors (Lipinski definition) is 4. The maximum Gasteiger partial charge on any atom is 0.250 e. The first-order chi connectivity index (χ1) is 9.31. The molecule has 0 spiro atoms. The molecule has 108 valence electrons. The van der Waals surface area contributed by atoms with Crippen molar-refractivity contribution < 1.29 is 13.5 Å². The molecule has 0 aliphatic carbocycles. The molecule has 2 aromatic rings. The number of rotatable bonds is 5. The number of thiophene rings is 1. The highest BCUT2D eigenvalue weighted by Crippen LogP contribution is 2.26. The van der Waals surface area contributed by atoms with Gasteiger partial charge in [0, 0.05) is 6.54 Å². The van der Waals surface area contributed by atoms with Gasteiger partial charge in [-0.1, -0.05) is 30.3 Å². The largest absolute Gasteiger partial charge is 0.384 e. The molecule has 0 aliphatic heterocycles. The van der Waals surface area contributed by atoms with E-state index in [2.05, 4.69) is 20.7 Å². The van der Waals surface area contributed by atoms with Gasteiger partial charge in [0.2, 0.25) is 10.0 Å². The third-order valence-corrected chi connectivity index (χ3v) is 6.33. The van der Waals surface area contributed by atoms with E-state index >= 15 is 0 Å². The van der Waals surface area contributed by atoms with Gasteiger partial charge in [0.05, 0.1) is 3.79 Å². The molecule has 1 heterocycles. The minimum atomic E-state index is -3.60. The van der Waals surface area contributed by atoms with E-state index in [0.29, 0.717) is 5.56 Å². The zero-order valence-electron chi connectivity index (χ0n) is 10.7. The molecule has 2 rings (SSSR count). The predicted molar refractivity (Wildman–Crippen MR) is 83.2 cm³/mol. The molecule has 1 atom stereocenters. The van der Waals surface area contributed by atoms with E-state index in [-0.39, 0.29) is 10.8 Å². The smallest absolute Gasteiger partial charge is 0.250 e. The Hall–Kier alpha value is -0.730. The van der Waals surface area contributed by atoms with Crippen LogP contribution in [-0.4, -0.2) is 20.1 Å². The van der Waals surface area contributed by atoms with Crippen molar-refractivity contribution in [3.05, 3.63) is 51.8 Å². The van der Waals surface area contributed by atoms with E-state index in [1.165, 1.54) is 6.07 Å². The predicted octanol–water partition coefficient (Wildman–Crippen LogP) is 2.70. The summed E-state index contributed by atoms with van der Waals surface area (Å²) in [5, 5.41) is 10.4. The molecular formula is C13H14BrNO3S2. The van der Waals surface area contributed by atoms with Gasteiger partial charge in [-0.3, -0.25) is 0 Å². The number of nitrogens with one attached hydrogen (secondary N) is 1. The molecule has 0 fully saturated rings. The fourth-order valence-electron chi connectivity index (χ4n) is 1.65. The lowest BCUT2D eigenvalue weighted by Crippen LogP contribution is -2.38. The quantitative estimate of drug-likeness (QED) is 0.843. The molecule has 4 nitrogen and oxygen atoms in total. The van der Waals surface area contributed by atoms with E-state index in [1.807, 2.05) is 6.07 Å². The minimum absolute atomic E-state index is 0.0884. The monoisotopic (exact) mass is 375 g/mol. The van der Waals surface area contributed by atoms with Gasteiger partial charge in [-0.05, 0) is 40.5 Å². The summed E-state index contributed by atoms with van der Waals surface area (Å²) in [6.45, 7) is 1.49. The Balaban J connectivity index is 2.12. The fraction of sp³-hybridized carbons (Fsp3) is 0.231. The Morgan fingerprint density at radius 1 is 1.25 bits per heavy atom. The molecule has 0 amide bonds. The van der Waals surface area contributed by atoms with Crippen LogP contribution in [-0.2, 0) is 15.6 Å². The Kier molecular flexibility index (Phi) is 4.66. The van der Waals surface area contributed by atoms with Crippen LogP contribution < -0.4 is 4.72 Å². The van der Waals surface area contributed by atoms with Crippen LogP contribution in [0.3, 0.4) is 0 Å². The van der Waals surface area contributed by atoms with Crippen molar-refractivity contribution in [3.8, 4) is 0 Å². The van der Waals surface area contributed by atoms with E-state index in [0.717, 1.165) is 15.1 Å². The summed E-state index contributed by atoms with van der Waals surface area (Å²) in [5.74, 6) is 0. The van der Waals surface area contributed by atoms with Gasteiger partial charge < -0.3 is 5.11 Å². The van der Waals surface area contributed by atoms with Crippen molar-refractivity contribution in [2.24, 2.45) is 0 Å². The molecule has 1 aromatic carbocycles. The van der Waals surface area contributed by atoms with Crippen molar-refractivity contribution >= 4 is 37.3 Å². The summed E-state index contributed by atoms with van der Waals surface area (Å²) < 4.78 is 27.6. The Morgan fingerprint density at radius 2 is 1.90 bits per heavy atom. The van der Waals surface area contributed by atoms with Crippen LogP contribution in [0.15, 0.2) is 50.5 Å². The van der Waals surface area contributed by atoms with Gasteiger partial charge in [-0.2, -0.15) is 0 Å². The molecule has 20 heavy (non-hydrogen) atoms. The molecule has 0 radical (unpaired) electrons. The maximum atomic E-state index is 12.1. The van der Waals surface area contributed by atoms with Crippen LogP contribution in [0.5, 0.6) is 0 Å². The van der Waals surface area contributed by atoms with Crippen molar-refractivity contribution in [1.29, 1.82) is 0 Å². The van der Waals surface area contributed by atoms with Gasteiger partial charge in [-0.25, -0.2) is 13.1 Å². The molecule has 1 aromatic heterocycles. The average Bonchev–Trinajstić information content (AvgIpc) is 2.85. The van der Waals surface area contributed by atoms with Crippen LogP contribution in [0.2, 0.25) is 0 Å². The van der Waals surface area contributed by atoms with Gasteiger partial charge in [0.15, 0.2) is 0 Å². The molecule has 0 unspecified atom stereocenters. The normalized spacial score (nSPS) is 14.9. The topological polar surface area (TPSA) is 66.4 Å². The number of hydrogen-bond donors (Lipinski definition) is 2. The van der Waals surface area contributed by atoms with E-state index in [1.54, 1.807) is 37.3 Å². The van der Waals surface area contributed by atoms with Gasteiger partial charge >= 0.3 is 0 Å². The van der Waals surface area contributed by atoms with Gasteiger partial charge in [0.25, 0.3) is 0 Å². The fourth-order valence-corrected chi connectivity index (χ4v) is 4.83. The van der Waals surface area contributed by atoms with E-state index in [4.69, 9.17) is 0 Å². The van der Waals surface area contributed by atoms with Gasteiger partial charge in [-0.15, -0.1) is 11.3 Å². The van der Waals surface area contributed by atoms with E-state index in [9.17, 15) is 13.5 Å². The van der Waals surface area contributed by atoms with Crippen molar-refractivity contribution in [2.75, 3.05) is 6.54 Å². The lowest BCUT2D eigenvalue weighted by Gasteiger charge is -2.23. The summed E-state index contributed by atoms with van der Waals surface area (Å²) in [7, 11) is -3.60.